The number of hydrogen-bond acceptors (Lipinski definition) is 4. The molecule has 0 aliphatic heterocycles. The van der Waals surface area contributed by atoms with Crippen molar-refractivity contribution in [2.24, 2.45) is 5.41 Å². The fraction of sp³-hybridized carbons (Fsp3) is 0.357. The van der Waals surface area contributed by atoms with E-state index >= 15 is 0 Å². The van der Waals surface area contributed by atoms with E-state index in [1.54, 1.807) is 12.1 Å². The summed E-state index contributed by atoms with van der Waals surface area (Å²) in [4.78, 5) is 10.8. The SMILES string of the molecule is CC(C)(CC(=O)O)Cc1nnc(-c2ccc(F)cc2)o1. The van der Waals surface area contributed by atoms with Gasteiger partial charge in [0.2, 0.25) is 11.8 Å². The second-order valence-corrected chi connectivity index (χ2v) is 5.42. The van der Waals surface area contributed by atoms with Gasteiger partial charge in [-0.3, -0.25) is 4.79 Å². The molecule has 106 valence electrons. The van der Waals surface area contributed by atoms with Crippen LogP contribution in [0.5, 0.6) is 0 Å². The lowest BCUT2D eigenvalue weighted by atomic mass is 9.86. The van der Waals surface area contributed by atoms with Crippen LogP contribution in [0.25, 0.3) is 11.5 Å². The number of nitrogens with zero attached hydrogens (tertiary/aromatic N) is 2. The standard InChI is InChI=1S/C14H15FN2O3/c1-14(2,8-12(18)19)7-11-16-17-13(20-11)9-3-5-10(15)6-4-9/h3-6H,7-8H2,1-2H3,(H,18,19). The van der Waals surface area contributed by atoms with Gasteiger partial charge in [-0.15, -0.1) is 10.2 Å². The van der Waals surface area contributed by atoms with Gasteiger partial charge < -0.3 is 9.52 Å². The molecule has 2 rings (SSSR count). The van der Waals surface area contributed by atoms with Crippen LogP contribution in [0.15, 0.2) is 28.7 Å². The number of halogens is 1. The summed E-state index contributed by atoms with van der Waals surface area (Å²) in [6.07, 6.45) is 0.384. The number of rotatable bonds is 5. The van der Waals surface area contributed by atoms with Gasteiger partial charge in [0, 0.05) is 12.0 Å². The normalized spacial score (nSPS) is 11.6. The van der Waals surface area contributed by atoms with Gasteiger partial charge in [0.25, 0.3) is 0 Å². The average Bonchev–Trinajstić information content (AvgIpc) is 2.75. The molecule has 1 aromatic carbocycles. The monoisotopic (exact) mass is 278 g/mol. The van der Waals surface area contributed by atoms with Gasteiger partial charge in [-0.2, -0.15) is 0 Å². The quantitative estimate of drug-likeness (QED) is 0.910. The second kappa shape index (κ2) is 5.40. The highest BCUT2D eigenvalue weighted by molar-refractivity contribution is 5.67. The summed E-state index contributed by atoms with van der Waals surface area (Å²) in [5.74, 6) is -0.536. The van der Waals surface area contributed by atoms with E-state index in [9.17, 15) is 9.18 Å². The molecule has 5 nitrogen and oxygen atoms in total. The number of aromatic nitrogens is 2. The third-order valence-electron chi connectivity index (χ3n) is 2.82. The van der Waals surface area contributed by atoms with E-state index in [1.807, 2.05) is 13.8 Å². The summed E-state index contributed by atoms with van der Waals surface area (Å²) in [7, 11) is 0. The highest BCUT2D eigenvalue weighted by Crippen LogP contribution is 2.27. The maximum Gasteiger partial charge on any atom is 0.303 e. The summed E-state index contributed by atoms with van der Waals surface area (Å²) >= 11 is 0. The topological polar surface area (TPSA) is 76.2 Å². The van der Waals surface area contributed by atoms with Crippen LogP contribution in [0.1, 0.15) is 26.2 Å². The maximum atomic E-state index is 12.8. The molecule has 0 saturated heterocycles. The Morgan fingerprint density at radius 3 is 2.55 bits per heavy atom. The van der Waals surface area contributed by atoms with Gasteiger partial charge in [0.05, 0.1) is 6.42 Å². The number of carboxylic acids is 1. The molecule has 0 spiro atoms. The van der Waals surface area contributed by atoms with E-state index in [2.05, 4.69) is 10.2 Å². The highest BCUT2D eigenvalue weighted by Gasteiger charge is 2.25. The minimum Gasteiger partial charge on any atom is -0.481 e. The van der Waals surface area contributed by atoms with Crippen LogP contribution in [-0.4, -0.2) is 21.3 Å². The summed E-state index contributed by atoms with van der Waals surface area (Å²) in [5, 5.41) is 16.6. The zero-order valence-electron chi connectivity index (χ0n) is 11.3. The minimum absolute atomic E-state index is 0.0151. The molecular formula is C14H15FN2O3. The Hall–Kier alpha value is -2.24. The summed E-state index contributed by atoms with van der Waals surface area (Å²) in [6, 6.07) is 5.73. The van der Waals surface area contributed by atoms with E-state index in [0.29, 0.717) is 23.8 Å². The van der Waals surface area contributed by atoms with E-state index < -0.39 is 11.4 Å². The van der Waals surface area contributed by atoms with Gasteiger partial charge in [-0.1, -0.05) is 13.8 Å². The zero-order valence-corrected chi connectivity index (χ0v) is 11.3. The Balaban J connectivity index is 2.13. The molecule has 6 heteroatoms. The first-order valence-electron chi connectivity index (χ1n) is 6.16. The largest absolute Gasteiger partial charge is 0.481 e. The van der Waals surface area contributed by atoms with Crippen molar-refractivity contribution in [3.63, 3.8) is 0 Å². The van der Waals surface area contributed by atoms with Crippen molar-refractivity contribution in [2.45, 2.75) is 26.7 Å². The molecule has 0 amide bonds. The van der Waals surface area contributed by atoms with E-state index in [-0.39, 0.29) is 12.2 Å². The third-order valence-corrected chi connectivity index (χ3v) is 2.82. The predicted molar refractivity (Wildman–Crippen MR) is 69.4 cm³/mol. The van der Waals surface area contributed by atoms with Gasteiger partial charge in [-0.05, 0) is 29.7 Å². The number of benzene rings is 1. The average molecular weight is 278 g/mol. The van der Waals surface area contributed by atoms with Gasteiger partial charge in [0.1, 0.15) is 5.82 Å². The molecule has 0 aliphatic carbocycles. The van der Waals surface area contributed by atoms with Gasteiger partial charge in [0.15, 0.2) is 0 Å². The van der Waals surface area contributed by atoms with E-state index in [0.717, 1.165) is 0 Å². The first kappa shape index (κ1) is 14.2. The molecule has 0 aliphatic rings. The fourth-order valence-electron chi connectivity index (χ4n) is 1.92. The molecule has 1 N–H and O–H groups in total. The minimum atomic E-state index is -0.867. The van der Waals surface area contributed by atoms with Crippen molar-refractivity contribution < 1.29 is 18.7 Å². The maximum absolute atomic E-state index is 12.8. The smallest absolute Gasteiger partial charge is 0.303 e. The molecule has 0 unspecified atom stereocenters. The van der Waals surface area contributed by atoms with Crippen LogP contribution >= 0.6 is 0 Å². The number of aliphatic carboxylic acids is 1. The first-order chi connectivity index (χ1) is 9.35. The van der Waals surface area contributed by atoms with Crippen LogP contribution in [-0.2, 0) is 11.2 Å². The van der Waals surface area contributed by atoms with Crippen LogP contribution in [0, 0.1) is 11.2 Å². The number of carbonyl (C=O) groups is 1. The lowest BCUT2D eigenvalue weighted by Crippen LogP contribution is -2.19. The van der Waals surface area contributed by atoms with Gasteiger partial charge >= 0.3 is 5.97 Å². The van der Waals surface area contributed by atoms with Crippen molar-refractivity contribution in [2.75, 3.05) is 0 Å². The number of carboxylic acid groups (broad SMARTS) is 1. The zero-order chi connectivity index (χ0) is 14.8. The first-order valence-corrected chi connectivity index (χ1v) is 6.16. The Kier molecular flexibility index (Phi) is 3.83. The molecule has 0 fully saturated rings. The lowest BCUT2D eigenvalue weighted by Gasteiger charge is -2.19. The molecule has 0 radical (unpaired) electrons. The van der Waals surface area contributed by atoms with Crippen molar-refractivity contribution in [3.05, 3.63) is 36.0 Å². The van der Waals surface area contributed by atoms with Crippen molar-refractivity contribution in [1.29, 1.82) is 0 Å². The third kappa shape index (κ3) is 3.63. The van der Waals surface area contributed by atoms with Crippen molar-refractivity contribution >= 4 is 5.97 Å². The molecule has 0 atom stereocenters. The Bertz CT molecular complexity index is 605. The van der Waals surface area contributed by atoms with Crippen LogP contribution in [0.4, 0.5) is 4.39 Å². The van der Waals surface area contributed by atoms with Crippen LogP contribution in [0.2, 0.25) is 0 Å². The molecule has 2 aromatic rings. The molecule has 1 heterocycles. The summed E-state index contributed by atoms with van der Waals surface area (Å²) < 4.78 is 18.3. The summed E-state index contributed by atoms with van der Waals surface area (Å²) in [6.45, 7) is 3.64. The highest BCUT2D eigenvalue weighted by atomic mass is 19.1. The Morgan fingerprint density at radius 2 is 1.95 bits per heavy atom. The van der Waals surface area contributed by atoms with E-state index in [4.69, 9.17) is 9.52 Å². The van der Waals surface area contributed by atoms with Crippen LogP contribution < -0.4 is 0 Å². The molecule has 0 bridgehead atoms. The van der Waals surface area contributed by atoms with Gasteiger partial charge in [-0.25, -0.2) is 4.39 Å². The molecular weight excluding hydrogens is 263 g/mol. The van der Waals surface area contributed by atoms with Crippen molar-refractivity contribution in [1.82, 2.24) is 10.2 Å². The molecule has 0 saturated carbocycles. The number of hydrogen-bond donors (Lipinski definition) is 1. The molecule has 1 aromatic heterocycles. The summed E-state index contributed by atoms with van der Waals surface area (Å²) in [5.41, 5.74) is 0.152. The van der Waals surface area contributed by atoms with E-state index in [1.165, 1.54) is 12.1 Å². The predicted octanol–water partition coefficient (Wildman–Crippen LogP) is 2.92. The van der Waals surface area contributed by atoms with Crippen LogP contribution in [0.3, 0.4) is 0 Å². The fourth-order valence-corrected chi connectivity index (χ4v) is 1.92. The second-order valence-electron chi connectivity index (χ2n) is 5.42. The Morgan fingerprint density at radius 1 is 1.30 bits per heavy atom. The molecule has 20 heavy (non-hydrogen) atoms. The van der Waals surface area contributed by atoms with Crippen molar-refractivity contribution in [3.8, 4) is 11.5 Å². The Labute approximate surface area is 115 Å². The lowest BCUT2D eigenvalue weighted by molar-refractivity contribution is -0.139.